The lowest BCUT2D eigenvalue weighted by molar-refractivity contribution is -0.137. The van der Waals surface area contributed by atoms with Crippen molar-refractivity contribution >= 4 is 17.5 Å². The molecule has 2 aromatic carbocycles. The van der Waals surface area contributed by atoms with Crippen LogP contribution in [0.1, 0.15) is 29.7 Å². The van der Waals surface area contributed by atoms with Crippen LogP contribution in [0.2, 0.25) is 0 Å². The molecule has 0 aromatic heterocycles. The number of nitrogens with one attached hydrogen (secondary N) is 1. The molecule has 2 amide bonds. The maximum atomic E-state index is 12.7. The fourth-order valence-electron chi connectivity index (χ4n) is 3.83. The van der Waals surface area contributed by atoms with E-state index in [9.17, 15) is 9.59 Å². The van der Waals surface area contributed by atoms with Crippen LogP contribution in [-0.4, -0.2) is 60.9 Å². The molecule has 1 aliphatic rings. The largest absolute Gasteiger partial charge is 0.368 e. The van der Waals surface area contributed by atoms with E-state index < -0.39 is 0 Å². The topological polar surface area (TPSA) is 61.9 Å². The number of para-hydroxylation sites is 1. The minimum atomic E-state index is -0.194. The van der Waals surface area contributed by atoms with Gasteiger partial charge in [-0.1, -0.05) is 48.5 Å². The van der Waals surface area contributed by atoms with Crippen LogP contribution in [0, 0.1) is 13.8 Å². The molecule has 0 spiro atoms. The SMILES string of the molecule is Cc1cccc(C)c1NC(=O)CN(C)C(=O)CN1CC(C)OC(c2ccccc2)C1. The van der Waals surface area contributed by atoms with Crippen LogP contribution in [0.4, 0.5) is 5.69 Å². The van der Waals surface area contributed by atoms with E-state index in [-0.39, 0.29) is 37.1 Å². The molecular formula is C24H31N3O3. The van der Waals surface area contributed by atoms with Crippen molar-refractivity contribution in [2.24, 2.45) is 0 Å². The molecule has 1 saturated heterocycles. The van der Waals surface area contributed by atoms with Crippen LogP contribution in [0.3, 0.4) is 0 Å². The highest BCUT2D eigenvalue weighted by molar-refractivity contribution is 5.95. The van der Waals surface area contributed by atoms with Crippen LogP contribution < -0.4 is 5.32 Å². The molecule has 2 unspecified atom stereocenters. The number of anilines is 1. The Morgan fingerprint density at radius 2 is 1.73 bits per heavy atom. The highest BCUT2D eigenvalue weighted by Gasteiger charge is 2.28. The standard InChI is InChI=1S/C24H31N3O3/c1-17-9-8-10-18(2)24(17)25-22(28)15-26(4)23(29)16-27-13-19(3)30-21(14-27)20-11-6-5-7-12-20/h5-12,19,21H,13-16H2,1-4H3,(H,25,28). The summed E-state index contributed by atoms with van der Waals surface area (Å²) in [6, 6.07) is 15.9. The van der Waals surface area contributed by atoms with E-state index in [1.54, 1.807) is 7.05 Å². The Morgan fingerprint density at radius 1 is 1.07 bits per heavy atom. The van der Waals surface area contributed by atoms with Crippen molar-refractivity contribution in [2.45, 2.75) is 33.0 Å². The smallest absolute Gasteiger partial charge is 0.243 e. The summed E-state index contributed by atoms with van der Waals surface area (Å²) in [4.78, 5) is 28.8. The molecule has 6 heteroatoms. The molecule has 0 bridgehead atoms. The molecule has 1 heterocycles. The molecule has 30 heavy (non-hydrogen) atoms. The van der Waals surface area contributed by atoms with Crippen LogP contribution in [0.25, 0.3) is 0 Å². The predicted octanol–water partition coefficient (Wildman–Crippen LogP) is 3.16. The Hall–Kier alpha value is -2.70. The van der Waals surface area contributed by atoms with Gasteiger partial charge >= 0.3 is 0 Å². The molecule has 1 N–H and O–H groups in total. The molecule has 2 aromatic rings. The number of morpholine rings is 1. The molecule has 0 saturated carbocycles. The summed E-state index contributed by atoms with van der Waals surface area (Å²) in [7, 11) is 1.67. The first-order chi connectivity index (χ1) is 14.3. The summed E-state index contributed by atoms with van der Waals surface area (Å²) in [5, 5.41) is 2.94. The second kappa shape index (κ2) is 9.87. The van der Waals surface area contributed by atoms with Gasteiger partial charge in [0.2, 0.25) is 11.8 Å². The number of carbonyl (C=O) groups is 2. The van der Waals surface area contributed by atoms with Gasteiger partial charge in [0, 0.05) is 25.8 Å². The second-order valence-corrected chi connectivity index (χ2v) is 8.10. The number of carbonyl (C=O) groups excluding carboxylic acids is 2. The Kier molecular flexibility index (Phi) is 7.24. The maximum Gasteiger partial charge on any atom is 0.243 e. The lowest BCUT2D eigenvalue weighted by Crippen LogP contribution is -2.48. The summed E-state index contributed by atoms with van der Waals surface area (Å²) >= 11 is 0. The average molecular weight is 410 g/mol. The minimum Gasteiger partial charge on any atom is -0.368 e. The van der Waals surface area contributed by atoms with Gasteiger partial charge in [0.1, 0.15) is 0 Å². The summed E-state index contributed by atoms with van der Waals surface area (Å²) in [6.07, 6.45) is -0.0187. The van der Waals surface area contributed by atoms with Crippen LogP contribution in [-0.2, 0) is 14.3 Å². The normalized spacial score (nSPS) is 19.3. The van der Waals surface area contributed by atoms with Gasteiger partial charge in [0.25, 0.3) is 0 Å². The number of rotatable bonds is 6. The van der Waals surface area contributed by atoms with Crippen molar-refractivity contribution in [1.82, 2.24) is 9.80 Å². The number of ether oxygens (including phenoxy) is 1. The van der Waals surface area contributed by atoms with Gasteiger partial charge in [0.05, 0.1) is 25.3 Å². The quantitative estimate of drug-likeness (QED) is 0.796. The number of hydrogen-bond acceptors (Lipinski definition) is 4. The first-order valence-corrected chi connectivity index (χ1v) is 10.4. The fourth-order valence-corrected chi connectivity index (χ4v) is 3.83. The summed E-state index contributed by atoms with van der Waals surface area (Å²) in [5.74, 6) is -0.270. The number of aryl methyl sites for hydroxylation is 2. The van der Waals surface area contributed by atoms with E-state index in [4.69, 9.17) is 4.74 Å². The number of benzene rings is 2. The number of amides is 2. The Labute approximate surface area is 178 Å². The Bertz CT molecular complexity index is 864. The lowest BCUT2D eigenvalue weighted by Gasteiger charge is -2.37. The third-order valence-corrected chi connectivity index (χ3v) is 5.42. The van der Waals surface area contributed by atoms with Gasteiger partial charge in [-0.2, -0.15) is 0 Å². The molecule has 0 radical (unpaired) electrons. The van der Waals surface area contributed by atoms with Crippen molar-refractivity contribution in [3.8, 4) is 0 Å². The van der Waals surface area contributed by atoms with Crippen LogP contribution >= 0.6 is 0 Å². The van der Waals surface area contributed by atoms with Gasteiger partial charge in [-0.3, -0.25) is 14.5 Å². The number of hydrogen-bond donors (Lipinski definition) is 1. The molecule has 2 atom stereocenters. The average Bonchev–Trinajstić information content (AvgIpc) is 2.71. The van der Waals surface area contributed by atoms with E-state index in [2.05, 4.69) is 10.2 Å². The van der Waals surface area contributed by atoms with Gasteiger partial charge in [-0.05, 0) is 37.5 Å². The second-order valence-electron chi connectivity index (χ2n) is 8.10. The van der Waals surface area contributed by atoms with Crippen LogP contribution in [0.5, 0.6) is 0 Å². The minimum absolute atomic E-state index is 0.0224. The van der Waals surface area contributed by atoms with Crippen LogP contribution in [0.15, 0.2) is 48.5 Å². The van der Waals surface area contributed by atoms with E-state index in [0.717, 1.165) is 22.4 Å². The van der Waals surface area contributed by atoms with E-state index in [1.165, 1.54) is 4.90 Å². The third kappa shape index (κ3) is 5.68. The summed E-state index contributed by atoms with van der Waals surface area (Å²) in [6.45, 7) is 7.58. The maximum absolute atomic E-state index is 12.7. The molecule has 0 aliphatic carbocycles. The highest BCUT2D eigenvalue weighted by atomic mass is 16.5. The zero-order valence-electron chi connectivity index (χ0n) is 18.2. The van der Waals surface area contributed by atoms with Gasteiger partial charge in [-0.15, -0.1) is 0 Å². The highest BCUT2D eigenvalue weighted by Crippen LogP contribution is 2.25. The first-order valence-electron chi connectivity index (χ1n) is 10.4. The summed E-state index contributed by atoms with van der Waals surface area (Å²) < 4.78 is 6.07. The van der Waals surface area contributed by atoms with Gasteiger partial charge in [0.15, 0.2) is 0 Å². The third-order valence-electron chi connectivity index (χ3n) is 5.42. The zero-order valence-corrected chi connectivity index (χ0v) is 18.2. The molecule has 160 valence electrons. The lowest BCUT2D eigenvalue weighted by atomic mass is 10.1. The van der Waals surface area contributed by atoms with Crippen molar-refractivity contribution < 1.29 is 14.3 Å². The van der Waals surface area contributed by atoms with Gasteiger partial charge in [-0.25, -0.2) is 0 Å². The summed E-state index contributed by atoms with van der Waals surface area (Å²) in [5.41, 5.74) is 3.94. The van der Waals surface area contributed by atoms with Crippen molar-refractivity contribution in [1.29, 1.82) is 0 Å². The molecule has 3 rings (SSSR count). The van der Waals surface area contributed by atoms with E-state index in [0.29, 0.717) is 13.1 Å². The van der Waals surface area contributed by atoms with Crippen molar-refractivity contribution in [3.05, 3.63) is 65.2 Å². The van der Waals surface area contributed by atoms with Crippen molar-refractivity contribution in [3.63, 3.8) is 0 Å². The Balaban J connectivity index is 1.55. The molecule has 1 aliphatic heterocycles. The fraction of sp³-hybridized carbons (Fsp3) is 0.417. The number of likely N-dealkylation sites (N-methyl/N-ethyl adjacent to an activating group) is 1. The zero-order chi connectivity index (χ0) is 21.7. The number of nitrogens with zero attached hydrogens (tertiary/aromatic N) is 2. The van der Waals surface area contributed by atoms with E-state index >= 15 is 0 Å². The first kappa shape index (κ1) is 22.0. The predicted molar refractivity (Wildman–Crippen MR) is 118 cm³/mol. The molecule has 6 nitrogen and oxygen atoms in total. The molecular weight excluding hydrogens is 378 g/mol. The molecule has 1 fully saturated rings. The van der Waals surface area contributed by atoms with Crippen molar-refractivity contribution in [2.75, 3.05) is 38.5 Å². The monoisotopic (exact) mass is 409 g/mol. The Morgan fingerprint density at radius 3 is 2.40 bits per heavy atom. The van der Waals surface area contributed by atoms with E-state index in [1.807, 2.05) is 69.3 Å². The van der Waals surface area contributed by atoms with Gasteiger partial charge < -0.3 is 15.0 Å².